The quantitative estimate of drug-likeness (QED) is 0.860. The number of ether oxygens (including phenoxy) is 1. The largest absolute Gasteiger partial charge is 0.481 e. The number of halogens is 1. The maximum absolute atomic E-state index is 13.0. The molecule has 1 unspecified atom stereocenters. The second-order valence-corrected chi connectivity index (χ2v) is 7.99. The van der Waals surface area contributed by atoms with Gasteiger partial charge in [-0.2, -0.15) is 0 Å². The van der Waals surface area contributed by atoms with Crippen LogP contribution in [0.3, 0.4) is 0 Å². The van der Waals surface area contributed by atoms with Gasteiger partial charge in [0.15, 0.2) is 11.5 Å². The number of carbonyl (C=O) groups is 3. The van der Waals surface area contributed by atoms with Crippen molar-refractivity contribution >= 4 is 17.6 Å². The maximum atomic E-state index is 13.0. The molecule has 0 saturated carbocycles. The number of piperidine rings is 1. The van der Waals surface area contributed by atoms with Gasteiger partial charge in [0.2, 0.25) is 0 Å². The van der Waals surface area contributed by atoms with Crippen molar-refractivity contribution in [1.82, 2.24) is 10.2 Å². The lowest BCUT2D eigenvalue weighted by atomic mass is 9.96. The highest BCUT2D eigenvalue weighted by atomic mass is 19.1. The van der Waals surface area contributed by atoms with Crippen LogP contribution >= 0.6 is 0 Å². The molecule has 150 valence electrons. The minimum atomic E-state index is -0.685. The second-order valence-electron chi connectivity index (χ2n) is 7.99. The fourth-order valence-corrected chi connectivity index (χ4v) is 3.60. The van der Waals surface area contributed by atoms with Crippen molar-refractivity contribution in [3.63, 3.8) is 0 Å². The van der Waals surface area contributed by atoms with Crippen molar-refractivity contribution < 1.29 is 23.5 Å². The Hall–Kier alpha value is -2.70. The number of hydrogen-bond donors (Lipinski definition) is 1. The Morgan fingerprint density at radius 2 is 2.00 bits per heavy atom. The predicted molar refractivity (Wildman–Crippen MR) is 101 cm³/mol. The molecule has 0 radical (unpaired) electrons. The monoisotopic (exact) mass is 388 g/mol. The van der Waals surface area contributed by atoms with Crippen LogP contribution in [0.25, 0.3) is 0 Å². The van der Waals surface area contributed by atoms with Gasteiger partial charge in [-0.3, -0.25) is 14.4 Å². The van der Waals surface area contributed by atoms with Gasteiger partial charge in [-0.15, -0.1) is 0 Å². The van der Waals surface area contributed by atoms with E-state index in [-0.39, 0.29) is 41.5 Å². The van der Waals surface area contributed by atoms with Crippen LogP contribution in [0.1, 0.15) is 43.5 Å². The third-order valence-electron chi connectivity index (χ3n) is 4.95. The number of amides is 2. The zero-order valence-corrected chi connectivity index (χ0v) is 16.2. The van der Waals surface area contributed by atoms with Crippen LogP contribution in [0.2, 0.25) is 0 Å². The highest BCUT2D eigenvalue weighted by Gasteiger charge is 2.35. The van der Waals surface area contributed by atoms with Crippen molar-refractivity contribution in [2.45, 2.75) is 38.7 Å². The van der Waals surface area contributed by atoms with E-state index in [4.69, 9.17) is 4.74 Å². The Morgan fingerprint density at radius 3 is 2.68 bits per heavy atom. The fourth-order valence-electron chi connectivity index (χ4n) is 3.60. The molecule has 0 bridgehead atoms. The van der Waals surface area contributed by atoms with Gasteiger partial charge >= 0.3 is 0 Å². The van der Waals surface area contributed by atoms with E-state index in [0.29, 0.717) is 25.2 Å². The lowest BCUT2D eigenvalue weighted by molar-refractivity contribution is -0.139. The first-order valence-electron chi connectivity index (χ1n) is 9.50. The van der Waals surface area contributed by atoms with Crippen LogP contribution in [0.15, 0.2) is 36.1 Å². The fraction of sp³-hybridized carbons (Fsp3) is 0.476. The third-order valence-corrected chi connectivity index (χ3v) is 4.95. The van der Waals surface area contributed by atoms with Crippen LogP contribution in [0.5, 0.6) is 0 Å². The number of rotatable bonds is 4. The lowest BCUT2D eigenvalue weighted by Gasteiger charge is -2.36. The number of nitrogens with one attached hydrogen (secondary N) is 1. The Balaban J connectivity index is 1.56. The highest BCUT2D eigenvalue weighted by Crippen LogP contribution is 2.27. The summed E-state index contributed by atoms with van der Waals surface area (Å²) in [5.74, 6) is -0.851. The number of hydrogen-bond acceptors (Lipinski definition) is 4. The molecular weight excluding hydrogens is 363 g/mol. The first-order valence-corrected chi connectivity index (χ1v) is 9.50. The molecule has 2 aliphatic rings. The molecule has 0 spiro atoms. The molecule has 6 nitrogen and oxygen atoms in total. The van der Waals surface area contributed by atoms with E-state index in [1.165, 1.54) is 30.3 Å². The molecule has 7 heteroatoms. The molecule has 2 aliphatic heterocycles. The molecule has 1 saturated heterocycles. The van der Waals surface area contributed by atoms with Crippen molar-refractivity contribution in [1.29, 1.82) is 0 Å². The van der Waals surface area contributed by atoms with Crippen molar-refractivity contribution in [2.75, 3.05) is 19.6 Å². The number of ketones is 1. The molecule has 1 aromatic carbocycles. The number of carbonyl (C=O) groups excluding carboxylic acids is 3. The Kier molecular flexibility index (Phi) is 5.82. The minimum absolute atomic E-state index is 0.0947. The van der Waals surface area contributed by atoms with Gasteiger partial charge in [0, 0.05) is 37.7 Å². The third kappa shape index (κ3) is 4.97. The van der Waals surface area contributed by atoms with Crippen molar-refractivity contribution in [3.8, 4) is 0 Å². The van der Waals surface area contributed by atoms with E-state index in [1.54, 1.807) is 18.7 Å². The normalized spacial score (nSPS) is 21.5. The maximum Gasteiger partial charge on any atom is 0.289 e. The average Bonchev–Trinajstić information content (AvgIpc) is 2.64. The van der Waals surface area contributed by atoms with Gasteiger partial charge < -0.3 is 15.0 Å². The molecule has 3 rings (SSSR count). The Labute approximate surface area is 163 Å². The van der Waals surface area contributed by atoms with E-state index in [9.17, 15) is 18.8 Å². The van der Waals surface area contributed by atoms with Gasteiger partial charge in [-0.05, 0) is 56.9 Å². The summed E-state index contributed by atoms with van der Waals surface area (Å²) in [5.41, 5.74) is -0.290. The van der Waals surface area contributed by atoms with E-state index in [2.05, 4.69) is 5.32 Å². The first-order chi connectivity index (χ1) is 13.2. The lowest BCUT2D eigenvalue weighted by Crippen LogP contribution is -2.46. The first kappa shape index (κ1) is 20.0. The van der Waals surface area contributed by atoms with Crippen LogP contribution in [-0.4, -0.2) is 47.7 Å². The van der Waals surface area contributed by atoms with Crippen LogP contribution in [0.4, 0.5) is 4.39 Å². The molecule has 0 aromatic heterocycles. The van der Waals surface area contributed by atoms with Gasteiger partial charge in [0.25, 0.3) is 11.8 Å². The number of nitrogens with zero attached hydrogens (tertiary/aromatic N) is 1. The summed E-state index contributed by atoms with van der Waals surface area (Å²) in [4.78, 5) is 38.5. The molecule has 1 N–H and O–H groups in total. The summed E-state index contributed by atoms with van der Waals surface area (Å²) in [6, 6.07) is 5.37. The van der Waals surface area contributed by atoms with Gasteiger partial charge in [-0.1, -0.05) is 0 Å². The zero-order valence-electron chi connectivity index (χ0n) is 16.2. The molecule has 1 fully saturated rings. The summed E-state index contributed by atoms with van der Waals surface area (Å²) in [7, 11) is 0. The average molecular weight is 388 g/mol. The van der Waals surface area contributed by atoms with Crippen LogP contribution in [0, 0.1) is 11.7 Å². The highest BCUT2D eigenvalue weighted by molar-refractivity contribution is 6.01. The van der Waals surface area contributed by atoms with E-state index >= 15 is 0 Å². The van der Waals surface area contributed by atoms with Gasteiger partial charge in [0.05, 0.1) is 0 Å². The number of allylic oxidation sites excluding steroid dienone is 1. The minimum Gasteiger partial charge on any atom is -0.481 e. The van der Waals surface area contributed by atoms with Crippen molar-refractivity contribution in [2.24, 2.45) is 5.92 Å². The summed E-state index contributed by atoms with van der Waals surface area (Å²) >= 11 is 0. The van der Waals surface area contributed by atoms with E-state index in [1.807, 2.05) is 0 Å². The molecular formula is C21H25FN2O4. The van der Waals surface area contributed by atoms with E-state index < -0.39 is 5.60 Å². The molecule has 2 heterocycles. The molecule has 1 aromatic rings. The SMILES string of the molecule is CC1(C)CC(=O)C=C(C(=O)N2CCCC(CNC(=O)c3ccc(F)cc3)C2)O1. The summed E-state index contributed by atoms with van der Waals surface area (Å²) in [5, 5.41) is 2.85. The topological polar surface area (TPSA) is 75.7 Å². The number of benzene rings is 1. The second kappa shape index (κ2) is 8.12. The summed E-state index contributed by atoms with van der Waals surface area (Å²) in [6.45, 7) is 5.07. The van der Waals surface area contributed by atoms with Crippen LogP contribution < -0.4 is 5.32 Å². The zero-order chi connectivity index (χ0) is 20.3. The molecule has 1 atom stereocenters. The standard InChI is InChI=1S/C21H25FN2O4/c1-21(2)11-17(25)10-18(28-21)20(27)24-9-3-4-14(13-24)12-23-19(26)15-5-7-16(22)8-6-15/h5-8,10,14H,3-4,9,11-13H2,1-2H3,(H,23,26). The molecule has 0 aliphatic carbocycles. The summed E-state index contributed by atoms with van der Waals surface area (Å²) < 4.78 is 18.7. The summed E-state index contributed by atoms with van der Waals surface area (Å²) in [6.07, 6.45) is 3.24. The van der Waals surface area contributed by atoms with Crippen LogP contribution in [-0.2, 0) is 14.3 Å². The Morgan fingerprint density at radius 1 is 1.29 bits per heavy atom. The Bertz CT molecular complexity index is 801. The number of likely N-dealkylation sites (tertiary alicyclic amines) is 1. The molecule has 28 heavy (non-hydrogen) atoms. The van der Waals surface area contributed by atoms with Crippen molar-refractivity contribution in [3.05, 3.63) is 47.5 Å². The predicted octanol–water partition coefficient (Wildman–Crippen LogP) is 2.45. The van der Waals surface area contributed by atoms with Gasteiger partial charge in [0.1, 0.15) is 11.4 Å². The van der Waals surface area contributed by atoms with E-state index in [0.717, 1.165) is 12.8 Å². The molecule has 2 amide bonds. The van der Waals surface area contributed by atoms with Gasteiger partial charge in [-0.25, -0.2) is 4.39 Å². The smallest absolute Gasteiger partial charge is 0.289 e.